The molecule has 0 saturated carbocycles. The summed E-state index contributed by atoms with van der Waals surface area (Å²) in [5, 5.41) is 0. The molecular formula is C15H18N2O. The van der Waals surface area contributed by atoms with E-state index in [9.17, 15) is 4.79 Å². The summed E-state index contributed by atoms with van der Waals surface area (Å²) in [4.78, 5) is 18.9. The molecular weight excluding hydrogens is 224 g/mol. The molecule has 3 heteroatoms. The first kappa shape index (κ1) is 11.5. The zero-order valence-electron chi connectivity index (χ0n) is 10.5. The van der Waals surface area contributed by atoms with Gasteiger partial charge in [0, 0.05) is 19.4 Å². The van der Waals surface area contributed by atoms with Gasteiger partial charge in [-0.05, 0) is 18.4 Å². The zero-order chi connectivity index (χ0) is 12.4. The summed E-state index contributed by atoms with van der Waals surface area (Å²) >= 11 is 0. The summed E-state index contributed by atoms with van der Waals surface area (Å²) < 4.78 is 0. The Kier molecular flexibility index (Phi) is 3.13. The Bertz CT molecular complexity index is 467. The largest absolute Gasteiger partial charge is 0.299 e. The summed E-state index contributed by atoms with van der Waals surface area (Å²) in [6.45, 7) is 0.864. The van der Waals surface area contributed by atoms with Crippen LogP contribution in [0.1, 0.15) is 31.2 Å². The van der Waals surface area contributed by atoms with Gasteiger partial charge in [-0.25, -0.2) is 0 Å². The van der Waals surface area contributed by atoms with E-state index in [-0.39, 0.29) is 11.9 Å². The van der Waals surface area contributed by atoms with E-state index in [1.807, 2.05) is 23.1 Å². The van der Waals surface area contributed by atoms with Gasteiger partial charge in [0.2, 0.25) is 0 Å². The van der Waals surface area contributed by atoms with Crippen molar-refractivity contribution in [1.82, 2.24) is 4.90 Å². The highest BCUT2D eigenvalue weighted by Crippen LogP contribution is 2.22. The predicted molar refractivity (Wildman–Crippen MR) is 71.6 cm³/mol. The lowest BCUT2D eigenvalue weighted by atomic mass is 10.1. The smallest absolute Gasteiger partial charge is 0.253 e. The van der Waals surface area contributed by atoms with Crippen LogP contribution in [0.15, 0.2) is 35.3 Å². The minimum absolute atomic E-state index is 0.180. The van der Waals surface area contributed by atoms with E-state index in [4.69, 9.17) is 0 Å². The minimum atomic E-state index is -0.180. The molecule has 1 atom stereocenters. The Balaban J connectivity index is 1.76. The summed E-state index contributed by atoms with van der Waals surface area (Å²) in [6.07, 6.45) is 5.20. The van der Waals surface area contributed by atoms with Crippen molar-refractivity contribution in [2.45, 2.75) is 38.1 Å². The standard InChI is InChI=1S/C15H18N2O/c18-15-13(11-12-7-3-1-4-8-12)16-14-9-5-2-6-10-17(14)15/h1,3-4,7-8,13H,2,5-6,9-11H2. The lowest BCUT2D eigenvalue weighted by Gasteiger charge is -2.16. The van der Waals surface area contributed by atoms with Crippen LogP contribution in [0.3, 0.4) is 0 Å². The third-order valence-corrected chi connectivity index (χ3v) is 3.72. The van der Waals surface area contributed by atoms with Crippen LogP contribution in [-0.4, -0.2) is 29.2 Å². The van der Waals surface area contributed by atoms with E-state index < -0.39 is 0 Å². The van der Waals surface area contributed by atoms with E-state index >= 15 is 0 Å². The Morgan fingerprint density at radius 2 is 2.00 bits per heavy atom. The fourth-order valence-corrected chi connectivity index (χ4v) is 2.75. The Hall–Kier alpha value is -1.64. The number of amidine groups is 1. The Morgan fingerprint density at radius 3 is 2.83 bits per heavy atom. The van der Waals surface area contributed by atoms with Crippen molar-refractivity contribution >= 4 is 11.7 Å². The van der Waals surface area contributed by atoms with Crippen molar-refractivity contribution in [1.29, 1.82) is 0 Å². The summed E-state index contributed by atoms with van der Waals surface area (Å²) in [5.74, 6) is 1.23. The average molecular weight is 242 g/mol. The van der Waals surface area contributed by atoms with Gasteiger partial charge in [-0.3, -0.25) is 14.7 Å². The predicted octanol–water partition coefficient (Wildman–Crippen LogP) is 2.41. The molecule has 1 fully saturated rings. The molecule has 0 radical (unpaired) electrons. The molecule has 0 N–H and O–H groups in total. The molecule has 0 aromatic heterocycles. The number of rotatable bonds is 2. The maximum absolute atomic E-state index is 12.3. The molecule has 3 rings (SSSR count). The van der Waals surface area contributed by atoms with Crippen molar-refractivity contribution in [2.24, 2.45) is 4.99 Å². The molecule has 3 nitrogen and oxygen atoms in total. The SMILES string of the molecule is O=C1C(Cc2ccccc2)N=C2CCCCCN12. The lowest BCUT2D eigenvalue weighted by Crippen LogP contribution is -2.35. The molecule has 1 aromatic carbocycles. The van der Waals surface area contributed by atoms with Gasteiger partial charge >= 0.3 is 0 Å². The number of aliphatic imine (C=N–C) groups is 1. The maximum atomic E-state index is 12.3. The first-order chi connectivity index (χ1) is 8.84. The number of benzene rings is 1. The zero-order valence-corrected chi connectivity index (χ0v) is 10.5. The Labute approximate surface area is 108 Å². The van der Waals surface area contributed by atoms with E-state index in [0.29, 0.717) is 0 Å². The monoisotopic (exact) mass is 242 g/mol. The van der Waals surface area contributed by atoms with E-state index in [0.717, 1.165) is 31.6 Å². The highest BCUT2D eigenvalue weighted by atomic mass is 16.2. The first-order valence-corrected chi connectivity index (χ1v) is 6.76. The number of nitrogens with zero attached hydrogens (tertiary/aromatic N) is 2. The van der Waals surface area contributed by atoms with E-state index in [1.165, 1.54) is 18.4 Å². The number of amides is 1. The second-order valence-corrected chi connectivity index (χ2v) is 5.05. The summed E-state index contributed by atoms with van der Waals surface area (Å²) in [6, 6.07) is 9.98. The van der Waals surface area contributed by atoms with E-state index in [1.54, 1.807) is 0 Å². The number of hydrogen-bond acceptors (Lipinski definition) is 2. The molecule has 2 aliphatic rings. The average Bonchev–Trinajstić information content (AvgIpc) is 2.58. The summed E-state index contributed by atoms with van der Waals surface area (Å²) in [5.41, 5.74) is 1.19. The molecule has 0 aliphatic carbocycles. The van der Waals surface area contributed by atoms with Gasteiger partial charge in [0.25, 0.3) is 5.91 Å². The van der Waals surface area contributed by atoms with Gasteiger partial charge in [-0.1, -0.05) is 36.8 Å². The van der Waals surface area contributed by atoms with E-state index in [2.05, 4.69) is 17.1 Å². The van der Waals surface area contributed by atoms with Crippen LogP contribution in [0.25, 0.3) is 0 Å². The molecule has 18 heavy (non-hydrogen) atoms. The van der Waals surface area contributed by atoms with Gasteiger partial charge in [0.1, 0.15) is 11.9 Å². The minimum Gasteiger partial charge on any atom is -0.299 e. The molecule has 2 heterocycles. The van der Waals surface area contributed by atoms with Gasteiger partial charge < -0.3 is 0 Å². The molecule has 1 saturated heterocycles. The van der Waals surface area contributed by atoms with Gasteiger partial charge in [0.05, 0.1) is 0 Å². The quantitative estimate of drug-likeness (QED) is 0.784. The first-order valence-electron chi connectivity index (χ1n) is 6.76. The molecule has 0 spiro atoms. The molecule has 0 bridgehead atoms. The van der Waals surface area contributed by atoms with Crippen LogP contribution in [0, 0.1) is 0 Å². The third kappa shape index (κ3) is 2.17. The van der Waals surface area contributed by atoms with Gasteiger partial charge in [0.15, 0.2) is 0 Å². The lowest BCUT2D eigenvalue weighted by molar-refractivity contribution is -0.127. The molecule has 1 unspecified atom stereocenters. The second kappa shape index (κ2) is 4.92. The number of fused-ring (bicyclic) bond motifs is 1. The van der Waals surface area contributed by atoms with Crippen LogP contribution in [0.5, 0.6) is 0 Å². The third-order valence-electron chi connectivity index (χ3n) is 3.72. The van der Waals surface area contributed by atoms with Crippen molar-refractivity contribution < 1.29 is 4.79 Å². The van der Waals surface area contributed by atoms with Crippen LogP contribution < -0.4 is 0 Å². The molecule has 1 aromatic rings. The topological polar surface area (TPSA) is 32.7 Å². The van der Waals surface area contributed by atoms with Gasteiger partial charge in [-0.15, -0.1) is 0 Å². The van der Waals surface area contributed by atoms with Crippen LogP contribution in [0.2, 0.25) is 0 Å². The van der Waals surface area contributed by atoms with Crippen LogP contribution in [0.4, 0.5) is 0 Å². The van der Waals surface area contributed by atoms with Crippen molar-refractivity contribution in [3.63, 3.8) is 0 Å². The fraction of sp³-hybridized carbons (Fsp3) is 0.467. The molecule has 2 aliphatic heterocycles. The number of carbonyl (C=O) groups is 1. The van der Waals surface area contributed by atoms with Crippen molar-refractivity contribution in [3.8, 4) is 0 Å². The van der Waals surface area contributed by atoms with Gasteiger partial charge in [-0.2, -0.15) is 0 Å². The maximum Gasteiger partial charge on any atom is 0.253 e. The molecule has 94 valence electrons. The van der Waals surface area contributed by atoms with Crippen LogP contribution >= 0.6 is 0 Å². The molecule has 1 amide bonds. The van der Waals surface area contributed by atoms with Crippen molar-refractivity contribution in [3.05, 3.63) is 35.9 Å². The van der Waals surface area contributed by atoms with Crippen LogP contribution in [-0.2, 0) is 11.2 Å². The highest BCUT2D eigenvalue weighted by Gasteiger charge is 2.34. The van der Waals surface area contributed by atoms with Crippen molar-refractivity contribution in [2.75, 3.05) is 6.54 Å². The second-order valence-electron chi connectivity index (χ2n) is 5.05. The Morgan fingerprint density at radius 1 is 1.17 bits per heavy atom. The number of hydrogen-bond donors (Lipinski definition) is 0. The summed E-state index contributed by atoms with van der Waals surface area (Å²) in [7, 11) is 0. The fourth-order valence-electron chi connectivity index (χ4n) is 2.75. The number of carbonyl (C=O) groups excluding carboxylic acids is 1. The highest BCUT2D eigenvalue weighted by molar-refractivity contribution is 6.06. The normalized spacial score (nSPS) is 23.6.